The molecule has 0 aliphatic carbocycles. The standard InChI is InChI=1S/C24H21N3O2/c1-2-26(17-19-8-4-3-5-9-19)20-14-12-18(13-15-20)16-25-27-23(28)21-10-6-7-11-22(21)24(27)29/h3-16H,2,17H2,1H3. The maximum absolute atomic E-state index is 12.4. The van der Waals surface area contributed by atoms with Gasteiger partial charge >= 0.3 is 0 Å². The van der Waals surface area contributed by atoms with Crippen LogP contribution in [0, 0.1) is 0 Å². The summed E-state index contributed by atoms with van der Waals surface area (Å²) in [6.45, 7) is 3.84. The molecule has 4 rings (SSSR count). The van der Waals surface area contributed by atoms with Gasteiger partial charge in [0.05, 0.1) is 17.3 Å². The Kier molecular flexibility index (Phi) is 5.20. The largest absolute Gasteiger partial charge is 0.367 e. The summed E-state index contributed by atoms with van der Waals surface area (Å²) in [6.07, 6.45) is 1.54. The number of fused-ring (bicyclic) bond motifs is 1. The van der Waals surface area contributed by atoms with Crippen LogP contribution in [0.4, 0.5) is 5.69 Å². The lowest BCUT2D eigenvalue weighted by Gasteiger charge is -2.23. The molecule has 0 saturated carbocycles. The minimum atomic E-state index is -0.390. The van der Waals surface area contributed by atoms with Crippen molar-refractivity contribution >= 4 is 23.7 Å². The number of nitrogens with zero attached hydrogens (tertiary/aromatic N) is 3. The van der Waals surface area contributed by atoms with Crippen molar-refractivity contribution in [2.75, 3.05) is 11.4 Å². The second-order valence-corrected chi connectivity index (χ2v) is 6.80. The molecule has 144 valence electrons. The molecule has 0 spiro atoms. The monoisotopic (exact) mass is 383 g/mol. The van der Waals surface area contributed by atoms with Gasteiger partial charge in [0.2, 0.25) is 0 Å². The van der Waals surface area contributed by atoms with Crippen LogP contribution >= 0.6 is 0 Å². The Morgan fingerprint density at radius 3 is 2.00 bits per heavy atom. The molecule has 1 aliphatic rings. The molecule has 0 fully saturated rings. The zero-order chi connectivity index (χ0) is 20.2. The van der Waals surface area contributed by atoms with Crippen LogP contribution in [0.2, 0.25) is 0 Å². The second kappa shape index (κ2) is 8.10. The Hall–Kier alpha value is -3.73. The highest BCUT2D eigenvalue weighted by Gasteiger charge is 2.35. The van der Waals surface area contributed by atoms with Gasteiger partial charge in [0, 0.05) is 18.8 Å². The SMILES string of the molecule is CCN(Cc1ccccc1)c1ccc(C=NN2C(=O)c3ccccc3C2=O)cc1. The topological polar surface area (TPSA) is 53.0 Å². The van der Waals surface area contributed by atoms with Crippen LogP contribution in [-0.2, 0) is 6.54 Å². The normalized spacial score (nSPS) is 13.2. The minimum Gasteiger partial charge on any atom is -0.367 e. The van der Waals surface area contributed by atoms with Crippen LogP contribution < -0.4 is 4.90 Å². The number of carbonyl (C=O) groups excluding carboxylic acids is 2. The summed E-state index contributed by atoms with van der Waals surface area (Å²) in [4.78, 5) is 27.0. The predicted molar refractivity (Wildman–Crippen MR) is 114 cm³/mol. The smallest absolute Gasteiger partial charge is 0.282 e. The summed E-state index contributed by atoms with van der Waals surface area (Å²) in [6, 6.07) is 25.0. The van der Waals surface area contributed by atoms with E-state index in [0.717, 1.165) is 29.3 Å². The number of anilines is 1. The summed E-state index contributed by atoms with van der Waals surface area (Å²) in [5.41, 5.74) is 3.97. The van der Waals surface area contributed by atoms with Crippen molar-refractivity contribution in [1.82, 2.24) is 5.01 Å². The van der Waals surface area contributed by atoms with E-state index in [1.165, 1.54) is 5.56 Å². The van der Waals surface area contributed by atoms with E-state index in [1.807, 2.05) is 42.5 Å². The third-order valence-corrected chi connectivity index (χ3v) is 4.95. The van der Waals surface area contributed by atoms with Crippen LogP contribution in [0.5, 0.6) is 0 Å². The molecule has 2 amide bonds. The first-order valence-corrected chi connectivity index (χ1v) is 9.58. The van der Waals surface area contributed by atoms with E-state index in [4.69, 9.17) is 0 Å². The molecule has 29 heavy (non-hydrogen) atoms. The van der Waals surface area contributed by atoms with Crippen LogP contribution in [0.25, 0.3) is 0 Å². The molecule has 0 unspecified atom stereocenters. The molecule has 5 heteroatoms. The van der Waals surface area contributed by atoms with Crippen LogP contribution in [0.1, 0.15) is 38.8 Å². The molecular weight excluding hydrogens is 362 g/mol. The third kappa shape index (κ3) is 3.80. The number of hydrogen-bond donors (Lipinski definition) is 0. The Bertz CT molecular complexity index is 1020. The zero-order valence-corrected chi connectivity index (χ0v) is 16.2. The summed E-state index contributed by atoms with van der Waals surface area (Å²) < 4.78 is 0. The minimum absolute atomic E-state index is 0.390. The molecule has 0 aromatic heterocycles. The number of hydrogen-bond acceptors (Lipinski definition) is 4. The molecule has 3 aromatic rings. The summed E-state index contributed by atoms with van der Waals surface area (Å²) in [7, 11) is 0. The van der Waals surface area contributed by atoms with Crippen LogP contribution in [0.15, 0.2) is 84.0 Å². The van der Waals surface area contributed by atoms with Gasteiger partial charge in [-0.05, 0) is 42.3 Å². The molecule has 0 N–H and O–H groups in total. The van der Waals surface area contributed by atoms with Gasteiger partial charge in [0.15, 0.2) is 0 Å². The van der Waals surface area contributed by atoms with E-state index in [2.05, 4.69) is 29.1 Å². The number of imide groups is 1. The number of carbonyl (C=O) groups is 2. The Labute approximate surface area is 169 Å². The van der Waals surface area contributed by atoms with E-state index in [9.17, 15) is 9.59 Å². The Morgan fingerprint density at radius 2 is 1.41 bits per heavy atom. The van der Waals surface area contributed by atoms with Crippen molar-refractivity contribution in [2.24, 2.45) is 5.10 Å². The van der Waals surface area contributed by atoms with Crippen molar-refractivity contribution in [1.29, 1.82) is 0 Å². The summed E-state index contributed by atoms with van der Waals surface area (Å²) in [5, 5.41) is 5.05. The van der Waals surface area contributed by atoms with Crippen molar-refractivity contribution in [3.63, 3.8) is 0 Å². The van der Waals surface area contributed by atoms with Gasteiger partial charge in [-0.1, -0.05) is 54.6 Å². The number of benzene rings is 3. The van der Waals surface area contributed by atoms with E-state index in [-0.39, 0.29) is 0 Å². The summed E-state index contributed by atoms with van der Waals surface area (Å²) in [5.74, 6) is -0.781. The molecule has 5 nitrogen and oxygen atoms in total. The molecule has 1 aliphatic heterocycles. The van der Waals surface area contributed by atoms with Crippen molar-refractivity contribution in [2.45, 2.75) is 13.5 Å². The van der Waals surface area contributed by atoms with E-state index in [1.54, 1.807) is 30.5 Å². The lowest BCUT2D eigenvalue weighted by Crippen LogP contribution is -2.24. The van der Waals surface area contributed by atoms with Gasteiger partial charge in [0.1, 0.15) is 0 Å². The molecule has 0 atom stereocenters. The number of amides is 2. The van der Waals surface area contributed by atoms with Gasteiger partial charge < -0.3 is 4.90 Å². The van der Waals surface area contributed by atoms with Crippen LogP contribution in [-0.4, -0.2) is 29.6 Å². The first-order chi connectivity index (χ1) is 14.2. The molecule has 0 radical (unpaired) electrons. The van der Waals surface area contributed by atoms with Crippen molar-refractivity contribution in [3.8, 4) is 0 Å². The Morgan fingerprint density at radius 1 is 0.828 bits per heavy atom. The van der Waals surface area contributed by atoms with Gasteiger partial charge in [-0.2, -0.15) is 10.1 Å². The highest BCUT2D eigenvalue weighted by molar-refractivity contribution is 6.21. The molecule has 3 aromatic carbocycles. The van der Waals surface area contributed by atoms with E-state index in [0.29, 0.717) is 11.1 Å². The van der Waals surface area contributed by atoms with E-state index < -0.39 is 11.8 Å². The first-order valence-electron chi connectivity index (χ1n) is 9.58. The predicted octanol–water partition coefficient (Wildman–Crippen LogP) is 4.34. The maximum atomic E-state index is 12.4. The fourth-order valence-electron chi connectivity index (χ4n) is 3.37. The first kappa shape index (κ1) is 18.6. The summed E-state index contributed by atoms with van der Waals surface area (Å²) >= 11 is 0. The molecule has 0 bridgehead atoms. The molecule has 1 heterocycles. The zero-order valence-electron chi connectivity index (χ0n) is 16.2. The third-order valence-electron chi connectivity index (χ3n) is 4.95. The number of rotatable bonds is 6. The maximum Gasteiger partial charge on any atom is 0.282 e. The average molecular weight is 383 g/mol. The highest BCUT2D eigenvalue weighted by atomic mass is 16.2. The van der Waals surface area contributed by atoms with Gasteiger partial charge in [0.25, 0.3) is 11.8 Å². The lowest BCUT2D eigenvalue weighted by molar-refractivity contribution is 0.0660. The lowest BCUT2D eigenvalue weighted by atomic mass is 10.1. The van der Waals surface area contributed by atoms with Crippen molar-refractivity contribution < 1.29 is 9.59 Å². The highest BCUT2D eigenvalue weighted by Crippen LogP contribution is 2.23. The quantitative estimate of drug-likeness (QED) is 0.470. The molecule has 0 saturated heterocycles. The van der Waals surface area contributed by atoms with Crippen molar-refractivity contribution in [3.05, 3.63) is 101 Å². The average Bonchev–Trinajstić information content (AvgIpc) is 3.02. The fraction of sp³-hybridized carbons (Fsp3) is 0.125. The van der Waals surface area contributed by atoms with Gasteiger partial charge in [-0.15, -0.1) is 0 Å². The second-order valence-electron chi connectivity index (χ2n) is 6.80. The molecular formula is C24H21N3O2. The van der Waals surface area contributed by atoms with Crippen LogP contribution in [0.3, 0.4) is 0 Å². The fourth-order valence-corrected chi connectivity index (χ4v) is 3.37. The van der Waals surface area contributed by atoms with Gasteiger partial charge in [-0.25, -0.2) is 0 Å². The number of hydrazone groups is 1. The van der Waals surface area contributed by atoms with Gasteiger partial charge in [-0.3, -0.25) is 9.59 Å². The van der Waals surface area contributed by atoms with E-state index >= 15 is 0 Å². The Balaban J connectivity index is 1.47.